The Morgan fingerprint density at radius 2 is 2.31 bits per heavy atom. The molecule has 2 N–H and O–H groups in total. The third-order valence-electron chi connectivity index (χ3n) is 1.97. The minimum Gasteiger partial charge on any atom is -0.316 e. The summed E-state index contributed by atoms with van der Waals surface area (Å²) >= 11 is 5.22. The predicted molar refractivity (Wildman–Crippen MR) is 58.0 cm³/mol. The first kappa shape index (κ1) is 10.6. The Bertz CT molecular complexity index is 256. The standard InChI is InChI=1S/C10H15NOS/c1-7(2)6-8-4-3-5-9(11-12)10(8)13/h3-5,7,9,11-12H,6H2,1-2H3. The van der Waals surface area contributed by atoms with E-state index >= 15 is 0 Å². The molecule has 0 saturated heterocycles. The van der Waals surface area contributed by atoms with Gasteiger partial charge in [-0.2, -0.15) is 5.48 Å². The van der Waals surface area contributed by atoms with Gasteiger partial charge in [0.25, 0.3) is 0 Å². The van der Waals surface area contributed by atoms with Crippen molar-refractivity contribution in [3.63, 3.8) is 0 Å². The van der Waals surface area contributed by atoms with Crippen molar-refractivity contribution in [2.75, 3.05) is 0 Å². The lowest BCUT2D eigenvalue weighted by atomic mass is 9.93. The lowest BCUT2D eigenvalue weighted by molar-refractivity contribution is 0.164. The van der Waals surface area contributed by atoms with Crippen LogP contribution in [-0.4, -0.2) is 16.1 Å². The molecule has 0 aromatic carbocycles. The van der Waals surface area contributed by atoms with Crippen LogP contribution in [0.1, 0.15) is 20.3 Å². The summed E-state index contributed by atoms with van der Waals surface area (Å²) < 4.78 is 0. The zero-order chi connectivity index (χ0) is 9.84. The van der Waals surface area contributed by atoms with E-state index in [1.165, 1.54) is 0 Å². The molecule has 0 aromatic heterocycles. The van der Waals surface area contributed by atoms with Gasteiger partial charge in [-0.1, -0.05) is 44.3 Å². The van der Waals surface area contributed by atoms with Gasteiger partial charge in [0, 0.05) is 4.86 Å². The van der Waals surface area contributed by atoms with Gasteiger partial charge in [0.15, 0.2) is 0 Å². The van der Waals surface area contributed by atoms with Crippen LogP contribution >= 0.6 is 12.2 Å². The number of hydroxylamine groups is 1. The molecule has 1 atom stereocenters. The molecule has 0 fully saturated rings. The smallest absolute Gasteiger partial charge is 0.0856 e. The largest absolute Gasteiger partial charge is 0.316 e. The highest BCUT2D eigenvalue weighted by Crippen LogP contribution is 2.18. The summed E-state index contributed by atoms with van der Waals surface area (Å²) in [6, 6.07) is -0.186. The molecular weight excluding hydrogens is 182 g/mol. The molecule has 1 aliphatic carbocycles. The lowest BCUT2D eigenvalue weighted by Gasteiger charge is -2.19. The summed E-state index contributed by atoms with van der Waals surface area (Å²) in [5, 5.41) is 8.80. The molecule has 72 valence electrons. The van der Waals surface area contributed by atoms with Crippen molar-refractivity contribution >= 4 is 17.1 Å². The van der Waals surface area contributed by atoms with E-state index in [9.17, 15) is 0 Å². The zero-order valence-electron chi connectivity index (χ0n) is 7.95. The summed E-state index contributed by atoms with van der Waals surface area (Å²) in [4.78, 5) is 0.804. The highest BCUT2D eigenvalue weighted by atomic mass is 32.1. The monoisotopic (exact) mass is 197 g/mol. The summed E-state index contributed by atoms with van der Waals surface area (Å²) in [5.74, 6) is 0.593. The molecule has 0 radical (unpaired) electrons. The van der Waals surface area contributed by atoms with Crippen LogP contribution in [0.3, 0.4) is 0 Å². The van der Waals surface area contributed by atoms with Crippen molar-refractivity contribution < 1.29 is 5.21 Å². The third-order valence-corrected chi connectivity index (χ3v) is 2.48. The highest BCUT2D eigenvalue weighted by molar-refractivity contribution is 7.81. The number of thiocarbonyl (C=S) groups is 1. The fourth-order valence-corrected chi connectivity index (χ4v) is 1.64. The maximum absolute atomic E-state index is 8.80. The first-order valence-electron chi connectivity index (χ1n) is 4.46. The number of allylic oxidation sites excluding steroid dienone is 2. The average molecular weight is 197 g/mol. The molecule has 2 nitrogen and oxygen atoms in total. The van der Waals surface area contributed by atoms with Gasteiger partial charge in [-0.3, -0.25) is 0 Å². The minimum atomic E-state index is -0.186. The van der Waals surface area contributed by atoms with Gasteiger partial charge in [0.2, 0.25) is 0 Å². The van der Waals surface area contributed by atoms with Gasteiger partial charge in [-0.05, 0) is 17.9 Å². The summed E-state index contributed by atoms with van der Waals surface area (Å²) in [6.07, 6.45) is 6.78. The van der Waals surface area contributed by atoms with Gasteiger partial charge in [0.1, 0.15) is 0 Å². The SMILES string of the molecule is CC(C)CC1=CC=CC(NO)C1=S. The number of hydrogen-bond acceptors (Lipinski definition) is 3. The second-order valence-corrected chi connectivity index (χ2v) is 4.09. The number of nitrogens with one attached hydrogen (secondary N) is 1. The number of hydrogen-bond donors (Lipinski definition) is 2. The molecular formula is C10H15NOS. The van der Waals surface area contributed by atoms with Gasteiger partial charge < -0.3 is 5.21 Å². The van der Waals surface area contributed by atoms with Crippen LogP contribution in [0, 0.1) is 5.92 Å². The van der Waals surface area contributed by atoms with Crippen LogP contribution in [0.5, 0.6) is 0 Å². The first-order chi connectivity index (χ1) is 6.15. The van der Waals surface area contributed by atoms with Gasteiger partial charge in [-0.25, -0.2) is 0 Å². The first-order valence-corrected chi connectivity index (χ1v) is 4.87. The van der Waals surface area contributed by atoms with E-state index in [2.05, 4.69) is 19.3 Å². The lowest BCUT2D eigenvalue weighted by Crippen LogP contribution is -2.33. The second kappa shape index (κ2) is 4.65. The minimum absolute atomic E-state index is 0.186. The Morgan fingerprint density at radius 1 is 1.62 bits per heavy atom. The third kappa shape index (κ3) is 2.72. The Hall–Kier alpha value is -0.510. The predicted octanol–water partition coefficient (Wildman–Crippen LogP) is 2.25. The van der Waals surface area contributed by atoms with Crippen molar-refractivity contribution in [3.05, 3.63) is 23.8 Å². The van der Waals surface area contributed by atoms with E-state index in [0.717, 1.165) is 16.9 Å². The van der Waals surface area contributed by atoms with E-state index in [-0.39, 0.29) is 6.04 Å². The summed E-state index contributed by atoms with van der Waals surface area (Å²) in [7, 11) is 0. The molecule has 1 unspecified atom stereocenters. The normalized spacial score (nSPS) is 22.3. The van der Waals surface area contributed by atoms with Crippen molar-refractivity contribution in [2.45, 2.75) is 26.3 Å². The van der Waals surface area contributed by atoms with Crippen LogP contribution in [0.25, 0.3) is 0 Å². The van der Waals surface area contributed by atoms with Crippen molar-refractivity contribution in [1.29, 1.82) is 0 Å². The van der Waals surface area contributed by atoms with E-state index in [4.69, 9.17) is 17.4 Å². The van der Waals surface area contributed by atoms with E-state index < -0.39 is 0 Å². The van der Waals surface area contributed by atoms with E-state index in [1.54, 1.807) is 0 Å². The maximum atomic E-state index is 8.80. The van der Waals surface area contributed by atoms with Crippen molar-refractivity contribution in [2.24, 2.45) is 5.92 Å². The van der Waals surface area contributed by atoms with Crippen molar-refractivity contribution in [3.8, 4) is 0 Å². The Labute approximate surface area is 84.3 Å². The summed E-state index contributed by atoms with van der Waals surface area (Å²) in [6.45, 7) is 4.31. The van der Waals surface area contributed by atoms with E-state index in [1.807, 2.05) is 18.2 Å². The molecule has 0 bridgehead atoms. The van der Waals surface area contributed by atoms with Gasteiger partial charge in [0.05, 0.1) is 6.04 Å². The molecule has 0 aromatic rings. The fraction of sp³-hybridized carbons (Fsp3) is 0.500. The molecule has 0 saturated carbocycles. The molecule has 0 heterocycles. The van der Waals surface area contributed by atoms with Crippen LogP contribution in [0.2, 0.25) is 0 Å². The molecule has 13 heavy (non-hydrogen) atoms. The Morgan fingerprint density at radius 3 is 2.85 bits per heavy atom. The van der Waals surface area contributed by atoms with E-state index in [0.29, 0.717) is 5.92 Å². The molecule has 1 aliphatic rings. The number of rotatable bonds is 3. The Kier molecular flexibility index (Phi) is 3.78. The molecule has 0 amide bonds. The van der Waals surface area contributed by atoms with Crippen LogP contribution < -0.4 is 5.48 Å². The van der Waals surface area contributed by atoms with Crippen molar-refractivity contribution in [1.82, 2.24) is 5.48 Å². The van der Waals surface area contributed by atoms with Crippen LogP contribution in [0.15, 0.2) is 23.8 Å². The molecule has 1 rings (SSSR count). The van der Waals surface area contributed by atoms with Crippen LogP contribution in [-0.2, 0) is 0 Å². The summed E-state index contributed by atoms with van der Waals surface area (Å²) in [5.41, 5.74) is 3.34. The van der Waals surface area contributed by atoms with Gasteiger partial charge in [-0.15, -0.1) is 0 Å². The maximum Gasteiger partial charge on any atom is 0.0856 e. The fourth-order valence-electron chi connectivity index (χ4n) is 1.36. The topological polar surface area (TPSA) is 32.3 Å². The average Bonchev–Trinajstić information content (AvgIpc) is 2.08. The highest BCUT2D eigenvalue weighted by Gasteiger charge is 2.17. The quantitative estimate of drug-likeness (QED) is 0.537. The second-order valence-electron chi connectivity index (χ2n) is 3.65. The Balaban J connectivity index is 2.69. The molecule has 3 heteroatoms. The zero-order valence-corrected chi connectivity index (χ0v) is 8.77. The molecule has 0 aliphatic heterocycles. The molecule has 0 spiro atoms. The van der Waals surface area contributed by atoms with Crippen LogP contribution in [0.4, 0.5) is 0 Å². The van der Waals surface area contributed by atoms with Gasteiger partial charge >= 0.3 is 0 Å².